The Labute approximate surface area is 220 Å². The van der Waals surface area contributed by atoms with Gasteiger partial charge in [0.25, 0.3) is 6.43 Å². The Morgan fingerprint density at radius 3 is 2.74 bits per heavy atom. The van der Waals surface area contributed by atoms with Crippen LogP contribution in [0.5, 0.6) is 0 Å². The Hall–Kier alpha value is -3.96. The van der Waals surface area contributed by atoms with Crippen molar-refractivity contribution >= 4 is 28.4 Å². The second-order valence-corrected chi connectivity index (χ2v) is 9.84. The number of fused-ring (bicyclic) bond motifs is 2. The third-order valence-corrected chi connectivity index (χ3v) is 7.38. The van der Waals surface area contributed by atoms with E-state index in [0.29, 0.717) is 37.5 Å². The number of nitrogen functional groups attached to an aromatic ring is 1. The Kier molecular flexibility index (Phi) is 6.07. The summed E-state index contributed by atoms with van der Waals surface area (Å²) in [5, 5.41) is 7.29. The van der Waals surface area contributed by atoms with Crippen LogP contribution in [-0.4, -0.2) is 84.5 Å². The summed E-state index contributed by atoms with van der Waals surface area (Å²) >= 11 is 0. The van der Waals surface area contributed by atoms with Gasteiger partial charge in [-0.15, -0.1) is 11.5 Å². The first-order valence-corrected chi connectivity index (χ1v) is 12.4. The van der Waals surface area contributed by atoms with Gasteiger partial charge in [0, 0.05) is 13.1 Å². The van der Waals surface area contributed by atoms with E-state index in [1.807, 2.05) is 4.90 Å². The molecule has 3 N–H and O–H groups in total. The summed E-state index contributed by atoms with van der Waals surface area (Å²) in [5.74, 6) is 2.39. The lowest BCUT2D eigenvalue weighted by molar-refractivity contribution is -0.120. The Morgan fingerprint density at radius 2 is 2.08 bits per heavy atom. The van der Waals surface area contributed by atoms with Gasteiger partial charge in [-0.2, -0.15) is 4.98 Å². The molecule has 4 aromatic heterocycles. The number of aromatic nitrogens is 6. The fraction of sp³-hybridized carbons (Fsp3) is 0.440. The van der Waals surface area contributed by atoms with Crippen LogP contribution in [0.15, 0.2) is 18.3 Å². The number of ether oxygens (including phenoxy) is 1. The van der Waals surface area contributed by atoms with Crippen LogP contribution in [0.1, 0.15) is 12.2 Å². The van der Waals surface area contributed by atoms with Crippen LogP contribution < -0.4 is 11.1 Å². The molecule has 14 heteroatoms. The van der Waals surface area contributed by atoms with E-state index < -0.39 is 36.5 Å². The Balaban J connectivity index is 1.29. The van der Waals surface area contributed by atoms with Crippen molar-refractivity contribution in [3.05, 3.63) is 30.0 Å². The van der Waals surface area contributed by atoms with E-state index >= 15 is 8.78 Å². The quantitative estimate of drug-likeness (QED) is 0.282. The van der Waals surface area contributed by atoms with E-state index in [-0.39, 0.29) is 40.7 Å². The van der Waals surface area contributed by atoms with Crippen molar-refractivity contribution in [2.24, 2.45) is 0 Å². The molecule has 2 aliphatic heterocycles. The molecule has 0 aromatic carbocycles. The minimum Gasteiger partial charge on any atom is -0.382 e. The molecule has 4 aromatic rings. The molecular formula is C25H25F4N9O. The summed E-state index contributed by atoms with van der Waals surface area (Å²) in [4.78, 5) is 14.9. The van der Waals surface area contributed by atoms with Crippen molar-refractivity contribution in [2.75, 3.05) is 37.4 Å². The van der Waals surface area contributed by atoms with Crippen molar-refractivity contribution in [3.63, 3.8) is 0 Å². The van der Waals surface area contributed by atoms with Gasteiger partial charge in [-0.25, -0.2) is 32.0 Å². The Bertz CT molecular complexity index is 1610. The van der Waals surface area contributed by atoms with E-state index in [1.54, 1.807) is 13.0 Å². The standard InChI is InChI=1S/C25H25F4N9O/c1-3-25(11-39-12-25)36-7-6-16(14(26)8-36)33-24-34-22(30)21-20(15(27)9-38(21)35-24)17-4-5-18-23(32-17)37(10-19(28)29)13(2)31-18/h1,4-5,9,14,16,19H,6-8,10-12H2,2H3,(H3,30,33,34,35)/t14-,16+/m1/s1. The van der Waals surface area contributed by atoms with Gasteiger partial charge in [-0.05, 0) is 25.5 Å². The van der Waals surface area contributed by atoms with Crippen LogP contribution in [0.25, 0.3) is 27.9 Å². The number of alkyl halides is 3. The van der Waals surface area contributed by atoms with Crippen LogP contribution in [0.2, 0.25) is 0 Å². The molecule has 204 valence electrons. The lowest BCUT2D eigenvalue weighted by atomic mass is 9.91. The van der Waals surface area contributed by atoms with Gasteiger partial charge < -0.3 is 20.4 Å². The first kappa shape index (κ1) is 25.3. The third kappa shape index (κ3) is 4.22. The van der Waals surface area contributed by atoms with Gasteiger partial charge in [0.1, 0.15) is 28.6 Å². The summed E-state index contributed by atoms with van der Waals surface area (Å²) in [5.41, 5.74) is 6.58. The van der Waals surface area contributed by atoms with Crippen molar-refractivity contribution in [1.82, 2.24) is 34.0 Å². The smallest absolute Gasteiger partial charge is 0.256 e. The van der Waals surface area contributed by atoms with Gasteiger partial charge in [0.05, 0.1) is 43.3 Å². The maximum atomic E-state index is 15.2. The van der Waals surface area contributed by atoms with Gasteiger partial charge in [-0.3, -0.25) is 4.90 Å². The maximum absolute atomic E-state index is 15.2. The molecular weight excluding hydrogens is 518 g/mol. The number of halogens is 4. The largest absolute Gasteiger partial charge is 0.382 e. The minimum absolute atomic E-state index is 0.0161. The first-order chi connectivity index (χ1) is 18.7. The van der Waals surface area contributed by atoms with Gasteiger partial charge in [0.15, 0.2) is 17.3 Å². The highest BCUT2D eigenvalue weighted by Gasteiger charge is 2.46. The number of hydrogen-bond donors (Lipinski definition) is 2. The SMILES string of the molecule is C#CC1(N2CC[C@H](Nc3nc(N)c4c(-c5ccc6nc(C)n(CC(F)F)c6n5)c(F)cn4n3)[C@H](F)C2)COC1. The highest BCUT2D eigenvalue weighted by atomic mass is 19.3. The molecule has 2 fully saturated rings. The normalized spacial score (nSPS) is 21.4. The summed E-state index contributed by atoms with van der Waals surface area (Å²) in [6, 6.07) is 2.51. The zero-order valence-corrected chi connectivity index (χ0v) is 20.9. The lowest BCUT2D eigenvalue weighted by Gasteiger charge is -2.49. The van der Waals surface area contributed by atoms with Gasteiger partial charge in [-0.1, -0.05) is 5.92 Å². The van der Waals surface area contributed by atoms with Crippen LogP contribution in [-0.2, 0) is 11.3 Å². The van der Waals surface area contributed by atoms with E-state index in [2.05, 4.69) is 31.3 Å². The van der Waals surface area contributed by atoms with Crippen LogP contribution in [0.4, 0.5) is 29.3 Å². The molecule has 6 rings (SSSR count). The van der Waals surface area contributed by atoms with Crippen LogP contribution in [0, 0.1) is 25.1 Å². The molecule has 2 saturated heterocycles. The number of nitrogens with one attached hydrogen (secondary N) is 1. The molecule has 0 unspecified atom stereocenters. The highest BCUT2D eigenvalue weighted by molar-refractivity contribution is 5.89. The number of piperidine rings is 1. The molecule has 6 heterocycles. The van der Waals surface area contributed by atoms with Gasteiger partial charge in [0.2, 0.25) is 5.95 Å². The topological polar surface area (TPSA) is 111 Å². The molecule has 0 amide bonds. The number of nitrogens with zero attached hydrogens (tertiary/aromatic N) is 7. The molecule has 2 aliphatic rings. The van der Waals surface area contributed by atoms with E-state index in [4.69, 9.17) is 16.9 Å². The number of likely N-dealkylation sites (tertiary alicyclic amines) is 1. The number of anilines is 2. The molecule has 10 nitrogen and oxygen atoms in total. The second-order valence-electron chi connectivity index (χ2n) is 9.84. The predicted molar refractivity (Wildman–Crippen MR) is 136 cm³/mol. The zero-order valence-electron chi connectivity index (χ0n) is 20.9. The fourth-order valence-electron chi connectivity index (χ4n) is 5.27. The van der Waals surface area contributed by atoms with E-state index in [0.717, 1.165) is 6.20 Å². The average molecular weight is 544 g/mol. The number of hydrogen-bond acceptors (Lipinski definition) is 8. The van der Waals surface area contributed by atoms with Crippen molar-refractivity contribution < 1.29 is 22.3 Å². The van der Waals surface area contributed by atoms with E-state index in [1.165, 1.54) is 15.1 Å². The van der Waals surface area contributed by atoms with Crippen molar-refractivity contribution in [1.29, 1.82) is 0 Å². The van der Waals surface area contributed by atoms with Crippen molar-refractivity contribution in [2.45, 2.75) is 44.1 Å². The number of terminal acetylenes is 1. The molecule has 0 radical (unpaired) electrons. The summed E-state index contributed by atoms with van der Waals surface area (Å²) in [7, 11) is 0. The molecule has 0 spiro atoms. The first-order valence-electron chi connectivity index (χ1n) is 12.4. The Morgan fingerprint density at radius 1 is 1.28 bits per heavy atom. The average Bonchev–Trinajstić information content (AvgIpc) is 3.35. The second kappa shape index (κ2) is 9.35. The number of imidazole rings is 1. The highest BCUT2D eigenvalue weighted by Crippen LogP contribution is 2.33. The van der Waals surface area contributed by atoms with Crippen LogP contribution >= 0.6 is 0 Å². The number of nitrogens with two attached hydrogens (primary N) is 1. The number of aryl methyl sites for hydroxylation is 1. The summed E-state index contributed by atoms with van der Waals surface area (Å²) in [6.07, 6.45) is 3.34. The van der Waals surface area contributed by atoms with Crippen molar-refractivity contribution in [3.8, 4) is 23.6 Å². The lowest BCUT2D eigenvalue weighted by Crippen LogP contribution is -2.65. The van der Waals surface area contributed by atoms with Crippen LogP contribution in [0.3, 0.4) is 0 Å². The van der Waals surface area contributed by atoms with E-state index in [9.17, 15) is 8.78 Å². The number of pyridine rings is 1. The van der Waals surface area contributed by atoms with Gasteiger partial charge >= 0.3 is 0 Å². The predicted octanol–water partition coefficient (Wildman–Crippen LogP) is 2.66. The monoisotopic (exact) mass is 543 g/mol. The fourth-order valence-corrected chi connectivity index (χ4v) is 5.27. The zero-order chi connectivity index (χ0) is 27.5. The molecule has 0 saturated carbocycles. The summed E-state index contributed by atoms with van der Waals surface area (Å²) in [6.45, 7) is 2.44. The minimum atomic E-state index is -2.62. The summed E-state index contributed by atoms with van der Waals surface area (Å²) < 4.78 is 64.3. The molecule has 39 heavy (non-hydrogen) atoms. The molecule has 2 atom stereocenters. The maximum Gasteiger partial charge on any atom is 0.256 e. The number of rotatable bonds is 6. The third-order valence-electron chi connectivity index (χ3n) is 7.38. The molecule has 0 bridgehead atoms. The molecule has 0 aliphatic carbocycles.